The number of pyridine rings is 2. The van der Waals surface area contributed by atoms with Gasteiger partial charge in [0.2, 0.25) is 5.91 Å². The quantitative estimate of drug-likeness (QED) is 0.673. The first-order valence-electron chi connectivity index (χ1n) is 10.1. The zero-order valence-electron chi connectivity index (χ0n) is 17.3. The van der Waals surface area contributed by atoms with E-state index in [0.29, 0.717) is 18.7 Å². The lowest BCUT2D eigenvalue weighted by molar-refractivity contribution is -0.133. The Morgan fingerprint density at radius 2 is 2.13 bits per heavy atom. The molecule has 3 aromatic heterocycles. The maximum atomic E-state index is 14.5. The Balaban J connectivity index is 1.46. The molecule has 0 spiro atoms. The van der Waals surface area contributed by atoms with Crippen LogP contribution in [0.1, 0.15) is 31.0 Å². The lowest BCUT2D eigenvalue weighted by atomic mass is 10.0. The normalized spacial score (nSPS) is 19.6. The SMILES string of the molecule is Cc1nnc(-c2cnc3cnc(CC(=O)N4CC[C@H](NC(C)C)[C@H](F)C4)cc3c2)s1. The molecule has 1 aliphatic rings. The number of hydrogen-bond acceptors (Lipinski definition) is 7. The fourth-order valence-electron chi connectivity index (χ4n) is 3.72. The van der Waals surface area contributed by atoms with Crippen molar-refractivity contribution in [2.75, 3.05) is 13.1 Å². The summed E-state index contributed by atoms with van der Waals surface area (Å²) < 4.78 is 14.5. The third kappa shape index (κ3) is 4.62. The van der Waals surface area contributed by atoms with Crippen LogP contribution >= 0.6 is 11.3 Å². The van der Waals surface area contributed by atoms with E-state index in [2.05, 4.69) is 25.5 Å². The summed E-state index contributed by atoms with van der Waals surface area (Å²) >= 11 is 1.51. The molecule has 0 aromatic carbocycles. The van der Waals surface area contributed by atoms with Crippen molar-refractivity contribution in [3.05, 3.63) is 35.2 Å². The topological polar surface area (TPSA) is 83.9 Å². The standard InChI is InChI=1S/C21H25FN6OS/c1-12(2)25-18-4-5-28(11-17(18)22)20(29)8-16-7-14-6-15(9-24-19(14)10-23-16)21-27-26-13(3)30-21/h6-7,9-10,12,17-18,25H,4-5,8,11H2,1-3H3/t17-,18+/m1/s1. The molecule has 1 aliphatic heterocycles. The number of alkyl halides is 1. The molecular weight excluding hydrogens is 403 g/mol. The fraction of sp³-hybridized carbons (Fsp3) is 0.476. The van der Waals surface area contributed by atoms with Crippen molar-refractivity contribution in [2.45, 2.75) is 51.9 Å². The number of halogens is 1. The predicted octanol–water partition coefficient (Wildman–Crippen LogP) is 2.94. The first-order valence-corrected chi connectivity index (χ1v) is 10.9. The molecule has 0 aliphatic carbocycles. The van der Waals surface area contributed by atoms with Crippen LogP contribution in [0.5, 0.6) is 0 Å². The molecule has 0 saturated carbocycles. The fourth-order valence-corrected chi connectivity index (χ4v) is 4.39. The van der Waals surface area contributed by atoms with Gasteiger partial charge in [-0.25, -0.2) is 4.39 Å². The zero-order valence-corrected chi connectivity index (χ0v) is 18.1. The summed E-state index contributed by atoms with van der Waals surface area (Å²) in [5, 5.41) is 14.1. The molecule has 30 heavy (non-hydrogen) atoms. The van der Waals surface area contributed by atoms with Crippen LogP contribution in [-0.4, -0.2) is 62.3 Å². The molecule has 3 aromatic rings. The molecule has 1 amide bonds. The minimum atomic E-state index is -1.06. The van der Waals surface area contributed by atoms with Gasteiger partial charge in [0, 0.05) is 35.8 Å². The number of amides is 1. The van der Waals surface area contributed by atoms with E-state index in [-0.39, 0.29) is 31.0 Å². The summed E-state index contributed by atoms with van der Waals surface area (Å²) in [6, 6.07) is 3.89. The molecular formula is C21H25FN6OS. The molecule has 0 radical (unpaired) electrons. The lowest BCUT2D eigenvalue weighted by Gasteiger charge is -2.36. The zero-order chi connectivity index (χ0) is 21.3. The van der Waals surface area contributed by atoms with Crippen LogP contribution in [-0.2, 0) is 11.2 Å². The van der Waals surface area contributed by atoms with Gasteiger partial charge in [0.15, 0.2) is 0 Å². The molecule has 4 rings (SSSR count). The highest BCUT2D eigenvalue weighted by Crippen LogP contribution is 2.25. The van der Waals surface area contributed by atoms with Crippen molar-refractivity contribution >= 4 is 28.1 Å². The minimum Gasteiger partial charge on any atom is -0.339 e. The summed E-state index contributed by atoms with van der Waals surface area (Å²) in [7, 11) is 0. The van der Waals surface area contributed by atoms with Gasteiger partial charge in [-0.15, -0.1) is 10.2 Å². The number of nitrogens with zero attached hydrogens (tertiary/aromatic N) is 5. The van der Waals surface area contributed by atoms with Gasteiger partial charge in [-0.1, -0.05) is 25.2 Å². The van der Waals surface area contributed by atoms with E-state index >= 15 is 0 Å². The van der Waals surface area contributed by atoms with Gasteiger partial charge < -0.3 is 10.2 Å². The number of carbonyl (C=O) groups excluding carboxylic acids is 1. The van der Waals surface area contributed by atoms with Crippen LogP contribution in [0.15, 0.2) is 24.5 Å². The van der Waals surface area contributed by atoms with E-state index < -0.39 is 6.17 Å². The average Bonchev–Trinajstić information content (AvgIpc) is 3.15. The summed E-state index contributed by atoms with van der Waals surface area (Å²) in [6.07, 6.45) is 3.13. The highest BCUT2D eigenvalue weighted by atomic mass is 32.1. The number of aromatic nitrogens is 4. The maximum Gasteiger partial charge on any atom is 0.228 e. The van der Waals surface area contributed by atoms with E-state index in [9.17, 15) is 9.18 Å². The van der Waals surface area contributed by atoms with E-state index in [1.165, 1.54) is 11.3 Å². The van der Waals surface area contributed by atoms with Crippen molar-refractivity contribution in [3.63, 3.8) is 0 Å². The van der Waals surface area contributed by atoms with Crippen LogP contribution in [0.4, 0.5) is 4.39 Å². The molecule has 7 nitrogen and oxygen atoms in total. The van der Waals surface area contributed by atoms with Crippen molar-refractivity contribution in [1.82, 2.24) is 30.4 Å². The molecule has 2 atom stereocenters. The monoisotopic (exact) mass is 428 g/mol. The molecule has 1 fully saturated rings. The number of carbonyl (C=O) groups is 1. The Hall–Kier alpha value is -2.52. The molecule has 9 heteroatoms. The highest BCUT2D eigenvalue weighted by molar-refractivity contribution is 7.14. The molecule has 4 heterocycles. The number of rotatable bonds is 5. The van der Waals surface area contributed by atoms with E-state index in [4.69, 9.17) is 0 Å². The highest BCUT2D eigenvalue weighted by Gasteiger charge is 2.31. The maximum absolute atomic E-state index is 14.5. The van der Waals surface area contributed by atoms with Crippen LogP contribution < -0.4 is 5.32 Å². The van der Waals surface area contributed by atoms with E-state index in [0.717, 1.165) is 26.5 Å². The van der Waals surface area contributed by atoms with Crippen molar-refractivity contribution in [1.29, 1.82) is 0 Å². The van der Waals surface area contributed by atoms with Gasteiger partial charge in [-0.2, -0.15) is 0 Å². The van der Waals surface area contributed by atoms with E-state index in [1.807, 2.05) is 32.9 Å². The number of aryl methyl sites for hydroxylation is 1. The average molecular weight is 429 g/mol. The Morgan fingerprint density at radius 3 is 2.83 bits per heavy atom. The van der Waals surface area contributed by atoms with Gasteiger partial charge in [0.1, 0.15) is 16.2 Å². The smallest absolute Gasteiger partial charge is 0.228 e. The van der Waals surface area contributed by atoms with Crippen molar-refractivity contribution < 1.29 is 9.18 Å². The van der Waals surface area contributed by atoms with Crippen LogP contribution in [0.3, 0.4) is 0 Å². The van der Waals surface area contributed by atoms with Crippen LogP contribution in [0.2, 0.25) is 0 Å². The Bertz CT molecular complexity index is 1050. The van der Waals surface area contributed by atoms with Gasteiger partial charge in [-0.05, 0) is 25.5 Å². The lowest BCUT2D eigenvalue weighted by Crippen LogP contribution is -2.54. The second-order valence-corrected chi connectivity index (χ2v) is 9.15. The van der Waals surface area contributed by atoms with Gasteiger partial charge in [0.05, 0.1) is 30.4 Å². The third-order valence-electron chi connectivity index (χ3n) is 5.17. The second kappa shape index (κ2) is 8.69. The van der Waals surface area contributed by atoms with Gasteiger partial charge in [-0.3, -0.25) is 14.8 Å². The Morgan fingerprint density at radius 1 is 1.30 bits per heavy atom. The van der Waals surface area contributed by atoms with Gasteiger partial charge >= 0.3 is 0 Å². The molecule has 0 bridgehead atoms. The molecule has 158 valence electrons. The van der Waals surface area contributed by atoms with Crippen molar-refractivity contribution in [2.24, 2.45) is 0 Å². The largest absolute Gasteiger partial charge is 0.339 e. The number of likely N-dealkylation sites (tertiary alicyclic amines) is 1. The Kier molecular flexibility index (Phi) is 6.01. The first-order chi connectivity index (χ1) is 14.4. The van der Waals surface area contributed by atoms with E-state index in [1.54, 1.807) is 17.3 Å². The molecule has 0 unspecified atom stereocenters. The third-order valence-corrected chi connectivity index (χ3v) is 6.06. The molecule has 1 saturated heterocycles. The first kappa shape index (κ1) is 20.7. The summed E-state index contributed by atoms with van der Waals surface area (Å²) in [5.74, 6) is -0.101. The van der Waals surface area contributed by atoms with Crippen LogP contribution in [0.25, 0.3) is 21.5 Å². The summed E-state index contributed by atoms with van der Waals surface area (Å²) in [4.78, 5) is 23.2. The van der Waals surface area contributed by atoms with Crippen LogP contribution in [0, 0.1) is 6.92 Å². The summed E-state index contributed by atoms with van der Waals surface area (Å²) in [6.45, 7) is 6.59. The van der Waals surface area contributed by atoms with Gasteiger partial charge in [0.25, 0.3) is 0 Å². The number of piperidine rings is 1. The minimum absolute atomic E-state index is 0.101. The predicted molar refractivity (Wildman–Crippen MR) is 115 cm³/mol. The summed E-state index contributed by atoms with van der Waals surface area (Å²) in [5.41, 5.74) is 2.29. The second-order valence-electron chi connectivity index (χ2n) is 7.97. The Labute approximate surface area is 178 Å². The number of fused-ring (bicyclic) bond motifs is 1. The number of hydrogen-bond donors (Lipinski definition) is 1. The molecule has 1 N–H and O–H groups in total. The number of nitrogens with one attached hydrogen (secondary N) is 1. The van der Waals surface area contributed by atoms with Crippen molar-refractivity contribution in [3.8, 4) is 10.6 Å².